The van der Waals surface area contributed by atoms with Gasteiger partial charge in [0.05, 0.1) is 11.1 Å². The van der Waals surface area contributed by atoms with Gasteiger partial charge in [-0.15, -0.1) is 0 Å². The average Bonchev–Trinajstić information content (AvgIpc) is 2.97. The summed E-state index contributed by atoms with van der Waals surface area (Å²) in [5.41, 5.74) is 0.955. The van der Waals surface area contributed by atoms with Crippen molar-refractivity contribution in [2.75, 3.05) is 6.61 Å². The molecular formula is C14H12N2O2S. The molecule has 96 valence electrons. The molecule has 0 aliphatic rings. The molecule has 0 aliphatic heterocycles. The smallest absolute Gasteiger partial charge is 0.274 e. The van der Waals surface area contributed by atoms with Gasteiger partial charge in [0, 0.05) is 12.4 Å². The summed E-state index contributed by atoms with van der Waals surface area (Å²) < 4.78 is 7.63. The normalized spacial score (nSPS) is 12.2. The van der Waals surface area contributed by atoms with Gasteiger partial charge in [-0.3, -0.25) is 9.20 Å². The zero-order valence-electron chi connectivity index (χ0n) is 10.4. The van der Waals surface area contributed by atoms with E-state index < -0.39 is 0 Å². The van der Waals surface area contributed by atoms with Crippen LogP contribution in [0.1, 0.15) is 12.5 Å². The Morgan fingerprint density at radius 3 is 2.84 bits per heavy atom. The van der Waals surface area contributed by atoms with E-state index in [1.165, 1.54) is 11.3 Å². The maximum atomic E-state index is 12.0. The van der Waals surface area contributed by atoms with E-state index in [1.54, 1.807) is 16.8 Å². The third-order valence-electron chi connectivity index (χ3n) is 2.73. The van der Waals surface area contributed by atoms with E-state index in [2.05, 4.69) is 4.98 Å². The summed E-state index contributed by atoms with van der Waals surface area (Å²) in [6.45, 7) is 2.60. The zero-order valence-corrected chi connectivity index (χ0v) is 11.2. The Balaban J connectivity index is 2.02. The summed E-state index contributed by atoms with van der Waals surface area (Å²) in [6, 6.07) is 7.68. The number of rotatable bonds is 3. The Bertz CT molecular complexity index is 802. The van der Waals surface area contributed by atoms with Crippen molar-refractivity contribution >= 4 is 22.4 Å². The molecule has 0 saturated heterocycles. The van der Waals surface area contributed by atoms with Crippen LogP contribution in [0.4, 0.5) is 0 Å². The molecule has 4 nitrogen and oxygen atoms in total. The fourth-order valence-corrected chi connectivity index (χ4v) is 2.78. The fourth-order valence-electron chi connectivity index (χ4n) is 1.85. The second-order valence-corrected chi connectivity index (χ2v) is 5.01. The molecule has 1 aromatic carbocycles. The third kappa shape index (κ3) is 2.24. The number of imidazole rings is 1. The highest BCUT2D eigenvalue weighted by atomic mass is 32.1. The summed E-state index contributed by atoms with van der Waals surface area (Å²) in [5.74, 6) is 0.836. The van der Waals surface area contributed by atoms with Gasteiger partial charge in [0.25, 0.3) is 5.56 Å². The summed E-state index contributed by atoms with van der Waals surface area (Å²) in [5, 5.41) is 0. The lowest BCUT2D eigenvalue weighted by Crippen LogP contribution is -2.22. The Morgan fingerprint density at radius 2 is 2.16 bits per heavy atom. The lowest BCUT2D eigenvalue weighted by molar-refractivity contribution is 0.340. The van der Waals surface area contributed by atoms with Crippen molar-refractivity contribution in [3.63, 3.8) is 0 Å². The fraction of sp³-hybridized carbons (Fsp3) is 0.143. The van der Waals surface area contributed by atoms with Crippen LogP contribution in [0.15, 0.2) is 41.5 Å². The van der Waals surface area contributed by atoms with Crippen LogP contribution in [0.5, 0.6) is 5.75 Å². The number of benzene rings is 1. The van der Waals surface area contributed by atoms with E-state index in [1.807, 2.05) is 37.3 Å². The van der Waals surface area contributed by atoms with Gasteiger partial charge in [0.2, 0.25) is 0 Å². The summed E-state index contributed by atoms with van der Waals surface area (Å²) in [6.07, 6.45) is 5.19. The Morgan fingerprint density at radius 1 is 1.37 bits per heavy atom. The van der Waals surface area contributed by atoms with Gasteiger partial charge in [0.1, 0.15) is 5.75 Å². The molecule has 5 heteroatoms. The van der Waals surface area contributed by atoms with Crippen molar-refractivity contribution in [3.8, 4) is 5.75 Å². The molecule has 0 saturated carbocycles. The highest BCUT2D eigenvalue weighted by Gasteiger charge is 2.03. The van der Waals surface area contributed by atoms with Crippen LogP contribution in [0, 0.1) is 0 Å². The zero-order chi connectivity index (χ0) is 13.2. The van der Waals surface area contributed by atoms with E-state index in [-0.39, 0.29) is 5.56 Å². The second kappa shape index (κ2) is 4.85. The summed E-state index contributed by atoms with van der Waals surface area (Å²) in [7, 11) is 0. The van der Waals surface area contributed by atoms with Crippen LogP contribution in [0.2, 0.25) is 0 Å². The van der Waals surface area contributed by atoms with Crippen LogP contribution < -0.4 is 14.8 Å². The number of hydrogen-bond donors (Lipinski definition) is 0. The van der Waals surface area contributed by atoms with Gasteiger partial charge in [-0.05, 0) is 30.7 Å². The molecule has 0 spiro atoms. The monoisotopic (exact) mass is 272 g/mol. The minimum atomic E-state index is -0.0219. The molecule has 3 rings (SSSR count). The molecule has 19 heavy (non-hydrogen) atoms. The maximum Gasteiger partial charge on any atom is 0.274 e. The molecule has 0 N–H and O–H groups in total. The first-order valence-electron chi connectivity index (χ1n) is 5.98. The van der Waals surface area contributed by atoms with Gasteiger partial charge in [-0.1, -0.05) is 23.5 Å². The summed E-state index contributed by atoms with van der Waals surface area (Å²) >= 11 is 1.39. The minimum absolute atomic E-state index is 0.0219. The predicted molar refractivity (Wildman–Crippen MR) is 75.7 cm³/mol. The van der Waals surface area contributed by atoms with Crippen molar-refractivity contribution in [2.24, 2.45) is 0 Å². The van der Waals surface area contributed by atoms with Crippen LogP contribution in [0.25, 0.3) is 11.0 Å². The Hall–Kier alpha value is -2.14. The first-order valence-corrected chi connectivity index (χ1v) is 6.80. The molecule has 0 bridgehead atoms. The maximum absolute atomic E-state index is 12.0. The third-order valence-corrected chi connectivity index (χ3v) is 3.72. The van der Waals surface area contributed by atoms with E-state index in [0.717, 1.165) is 16.3 Å². The first kappa shape index (κ1) is 11.9. The van der Waals surface area contributed by atoms with Crippen molar-refractivity contribution in [2.45, 2.75) is 6.92 Å². The van der Waals surface area contributed by atoms with Gasteiger partial charge in [0.15, 0.2) is 4.96 Å². The van der Waals surface area contributed by atoms with Crippen LogP contribution >= 0.6 is 11.3 Å². The van der Waals surface area contributed by atoms with E-state index in [9.17, 15) is 4.79 Å². The number of thiazole rings is 1. The second-order valence-electron chi connectivity index (χ2n) is 4.00. The topological polar surface area (TPSA) is 43.6 Å². The molecular weight excluding hydrogens is 260 g/mol. The van der Waals surface area contributed by atoms with Crippen molar-refractivity contribution in [1.82, 2.24) is 9.38 Å². The molecule has 0 radical (unpaired) electrons. The van der Waals surface area contributed by atoms with Crippen molar-refractivity contribution in [1.29, 1.82) is 0 Å². The number of nitrogens with zero attached hydrogens (tertiary/aromatic N) is 2. The largest absolute Gasteiger partial charge is 0.494 e. The molecule has 0 amide bonds. The SMILES string of the molecule is CCOc1ccc(/C=c2/sc3nccn3c2=O)cc1. The van der Waals surface area contributed by atoms with Gasteiger partial charge >= 0.3 is 0 Å². The van der Waals surface area contributed by atoms with Gasteiger partial charge in [-0.25, -0.2) is 4.98 Å². The van der Waals surface area contributed by atoms with Gasteiger partial charge < -0.3 is 4.74 Å². The van der Waals surface area contributed by atoms with Gasteiger partial charge in [-0.2, -0.15) is 0 Å². The van der Waals surface area contributed by atoms with Crippen LogP contribution in [-0.4, -0.2) is 16.0 Å². The van der Waals surface area contributed by atoms with Crippen molar-refractivity contribution in [3.05, 3.63) is 57.1 Å². The Labute approximate surface area is 113 Å². The van der Waals surface area contributed by atoms with Crippen LogP contribution in [0.3, 0.4) is 0 Å². The lowest BCUT2D eigenvalue weighted by atomic mass is 10.2. The molecule has 3 aromatic rings. The highest BCUT2D eigenvalue weighted by Crippen LogP contribution is 2.12. The number of fused-ring (bicyclic) bond motifs is 1. The highest BCUT2D eigenvalue weighted by molar-refractivity contribution is 7.15. The molecule has 0 aliphatic carbocycles. The van der Waals surface area contributed by atoms with Crippen molar-refractivity contribution < 1.29 is 4.74 Å². The summed E-state index contributed by atoms with van der Waals surface area (Å²) in [4.78, 5) is 16.9. The first-order chi connectivity index (χ1) is 9.28. The number of hydrogen-bond acceptors (Lipinski definition) is 4. The molecule has 0 unspecified atom stereocenters. The molecule has 0 atom stereocenters. The van der Waals surface area contributed by atoms with Crippen LogP contribution in [-0.2, 0) is 0 Å². The number of aromatic nitrogens is 2. The molecule has 2 heterocycles. The van der Waals surface area contributed by atoms with E-state index in [4.69, 9.17) is 4.74 Å². The standard InChI is InChI=1S/C14H12N2O2S/c1-2-18-11-5-3-10(4-6-11)9-12-13(17)16-8-7-15-14(16)19-12/h3-9H,2H2,1H3/b12-9+. The average molecular weight is 272 g/mol. The van der Waals surface area contributed by atoms with E-state index in [0.29, 0.717) is 11.1 Å². The lowest BCUT2D eigenvalue weighted by Gasteiger charge is -2.01. The van der Waals surface area contributed by atoms with E-state index >= 15 is 0 Å². The molecule has 0 fully saturated rings. The minimum Gasteiger partial charge on any atom is -0.494 e. The quantitative estimate of drug-likeness (QED) is 0.729. The molecule has 2 aromatic heterocycles. The number of ether oxygens (including phenoxy) is 1. The Kier molecular flexibility index (Phi) is 3.05. The predicted octanol–water partition coefficient (Wildman–Crippen LogP) is 1.70.